The molecule has 0 heterocycles. The maximum Gasteiger partial charge on any atom is 0.0587 e. The van der Waals surface area contributed by atoms with Gasteiger partial charge in [-0.1, -0.05) is 45.7 Å². The molecule has 0 atom stereocenters. The summed E-state index contributed by atoms with van der Waals surface area (Å²) in [6, 6.07) is 4.41. The molecule has 0 saturated carbocycles. The number of benzene rings is 1. The van der Waals surface area contributed by atoms with Crippen molar-refractivity contribution >= 4 is 31.9 Å². The van der Waals surface area contributed by atoms with Crippen LogP contribution in [0, 0.1) is 6.92 Å². The summed E-state index contributed by atoms with van der Waals surface area (Å²) in [7, 11) is 1.73. The molecular formula is C15H23Br2NO. The van der Waals surface area contributed by atoms with E-state index in [1.165, 1.54) is 20.1 Å². The van der Waals surface area contributed by atoms with Gasteiger partial charge in [-0.05, 0) is 48.6 Å². The Labute approximate surface area is 133 Å². The van der Waals surface area contributed by atoms with Gasteiger partial charge in [0.15, 0.2) is 0 Å². The third-order valence-corrected chi connectivity index (χ3v) is 4.90. The number of rotatable bonds is 7. The van der Waals surface area contributed by atoms with E-state index in [4.69, 9.17) is 4.74 Å². The first kappa shape index (κ1) is 17.2. The highest BCUT2D eigenvalue weighted by Crippen LogP contribution is 2.36. The molecule has 0 bridgehead atoms. The largest absolute Gasteiger partial charge is 0.383 e. The summed E-state index contributed by atoms with van der Waals surface area (Å²) in [5.74, 6) is 0. The maximum atomic E-state index is 5.03. The van der Waals surface area contributed by atoms with Crippen molar-refractivity contribution in [1.29, 1.82) is 0 Å². The molecule has 4 heteroatoms. The van der Waals surface area contributed by atoms with Gasteiger partial charge < -0.3 is 10.1 Å². The van der Waals surface area contributed by atoms with E-state index in [0.717, 1.165) is 26.1 Å². The molecule has 19 heavy (non-hydrogen) atoms. The van der Waals surface area contributed by atoms with Gasteiger partial charge in [-0.15, -0.1) is 0 Å². The van der Waals surface area contributed by atoms with Crippen LogP contribution in [0.4, 0.5) is 0 Å². The van der Waals surface area contributed by atoms with Crippen molar-refractivity contribution in [1.82, 2.24) is 5.32 Å². The fourth-order valence-corrected chi connectivity index (χ4v) is 3.34. The van der Waals surface area contributed by atoms with Crippen LogP contribution in [-0.4, -0.2) is 26.8 Å². The summed E-state index contributed by atoms with van der Waals surface area (Å²) in [5, 5.41) is 3.41. The Balaban J connectivity index is 2.68. The third-order valence-electron chi connectivity index (χ3n) is 3.39. The van der Waals surface area contributed by atoms with Crippen LogP contribution in [-0.2, 0) is 10.2 Å². The predicted octanol–water partition coefficient (Wildman–Crippen LogP) is 4.42. The standard InChI is InChI=1S/C15H23Br2NO/c1-11-9-14(17)12(10-13(11)16)15(2,3)5-6-18-7-8-19-4/h9-10,18H,5-8H2,1-4H3. The minimum absolute atomic E-state index is 0.134. The van der Waals surface area contributed by atoms with Crippen LogP contribution in [0.3, 0.4) is 0 Å². The molecule has 0 amide bonds. The van der Waals surface area contributed by atoms with E-state index in [1.54, 1.807) is 7.11 Å². The molecule has 0 unspecified atom stereocenters. The lowest BCUT2D eigenvalue weighted by molar-refractivity contribution is 0.198. The summed E-state index contributed by atoms with van der Waals surface area (Å²) in [6.07, 6.45) is 1.09. The molecular weight excluding hydrogens is 370 g/mol. The van der Waals surface area contributed by atoms with E-state index in [2.05, 4.69) is 70.1 Å². The molecule has 0 saturated heterocycles. The van der Waals surface area contributed by atoms with E-state index in [0.29, 0.717) is 0 Å². The van der Waals surface area contributed by atoms with Gasteiger partial charge in [-0.25, -0.2) is 0 Å². The summed E-state index contributed by atoms with van der Waals surface area (Å²) in [4.78, 5) is 0. The Hall–Kier alpha value is 0.1000. The van der Waals surface area contributed by atoms with Gasteiger partial charge in [0.25, 0.3) is 0 Å². The minimum Gasteiger partial charge on any atom is -0.383 e. The van der Waals surface area contributed by atoms with Crippen LogP contribution < -0.4 is 5.32 Å². The van der Waals surface area contributed by atoms with Crippen molar-refractivity contribution in [2.75, 3.05) is 26.8 Å². The molecule has 0 spiro atoms. The molecule has 1 aromatic rings. The van der Waals surface area contributed by atoms with Gasteiger partial charge in [-0.2, -0.15) is 0 Å². The van der Waals surface area contributed by atoms with Crippen molar-refractivity contribution in [2.24, 2.45) is 0 Å². The van der Waals surface area contributed by atoms with Crippen molar-refractivity contribution in [2.45, 2.75) is 32.6 Å². The molecule has 2 nitrogen and oxygen atoms in total. The summed E-state index contributed by atoms with van der Waals surface area (Å²) in [6.45, 7) is 9.34. The second-order valence-electron chi connectivity index (χ2n) is 5.46. The average molecular weight is 393 g/mol. The van der Waals surface area contributed by atoms with E-state index in [1.807, 2.05) is 0 Å². The highest BCUT2D eigenvalue weighted by Gasteiger charge is 2.23. The second kappa shape index (κ2) is 7.77. The number of methoxy groups -OCH3 is 1. The predicted molar refractivity (Wildman–Crippen MR) is 89.0 cm³/mol. The average Bonchev–Trinajstić information content (AvgIpc) is 2.33. The zero-order valence-corrected chi connectivity index (χ0v) is 15.3. The second-order valence-corrected chi connectivity index (χ2v) is 7.17. The van der Waals surface area contributed by atoms with Crippen LogP contribution in [0.5, 0.6) is 0 Å². The summed E-state index contributed by atoms with van der Waals surface area (Å²) < 4.78 is 7.39. The minimum atomic E-state index is 0.134. The SMILES string of the molecule is COCCNCCC(C)(C)c1cc(Br)c(C)cc1Br. The van der Waals surface area contributed by atoms with E-state index in [-0.39, 0.29) is 5.41 Å². The smallest absolute Gasteiger partial charge is 0.0587 e. The highest BCUT2D eigenvalue weighted by atomic mass is 79.9. The molecule has 1 rings (SSSR count). The monoisotopic (exact) mass is 391 g/mol. The highest BCUT2D eigenvalue weighted by molar-refractivity contribution is 9.11. The van der Waals surface area contributed by atoms with Gasteiger partial charge in [0.2, 0.25) is 0 Å². The number of hydrogen-bond donors (Lipinski definition) is 1. The number of ether oxygens (including phenoxy) is 1. The van der Waals surface area contributed by atoms with Crippen molar-refractivity contribution in [3.05, 3.63) is 32.2 Å². The summed E-state index contributed by atoms with van der Waals surface area (Å²) >= 11 is 7.31. The lowest BCUT2D eigenvalue weighted by Crippen LogP contribution is -2.27. The van der Waals surface area contributed by atoms with Gasteiger partial charge in [0.05, 0.1) is 6.61 Å². The molecule has 1 aromatic carbocycles. The van der Waals surface area contributed by atoms with Crippen LogP contribution in [0.1, 0.15) is 31.4 Å². The van der Waals surface area contributed by atoms with Gasteiger partial charge in [0.1, 0.15) is 0 Å². The molecule has 0 aliphatic rings. The summed E-state index contributed by atoms with van der Waals surface area (Å²) in [5.41, 5.74) is 2.73. The molecule has 0 radical (unpaired) electrons. The fraction of sp³-hybridized carbons (Fsp3) is 0.600. The topological polar surface area (TPSA) is 21.3 Å². The lowest BCUT2D eigenvalue weighted by Gasteiger charge is -2.27. The maximum absolute atomic E-state index is 5.03. The van der Waals surface area contributed by atoms with Crippen molar-refractivity contribution in [3.8, 4) is 0 Å². The Morgan fingerprint density at radius 3 is 2.47 bits per heavy atom. The van der Waals surface area contributed by atoms with Crippen molar-refractivity contribution < 1.29 is 4.74 Å². The quantitative estimate of drug-likeness (QED) is 0.693. The normalized spacial score (nSPS) is 11.9. The van der Waals surface area contributed by atoms with Gasteiger partial charge in [0, 0.05) is 22.6 Å². The van der Waals surface area contributed by atoms with Gasteiger partial charge in [-0.3, -0.25) is 0 Å². The zero-order chi connectivity index (χ0) is 14.5. The first-order chi connectivity index (χ1) is 8.88. The molecule has 0 aromatic heterocycles. The Morgan fingerprint density at radius 2 is 1.84 bits per heavy atom. The molecule has 108 valence electrons. The number of aryl methyl sites for hydroxylation is 1. The van der Waals surface area contributed by atoms with Crippen LogP contribution in [0.15, 0.2) is 21.1 Å². The van der Waals surface area contributed by atoms with Crippen molar-refractivity contribution in [3.63, 3.8) is 0 Å². The number of hydrogen-bond acceptors (Lipinski definition) is 2. The van der Waals surface area contributed by atoms with E-state index >= 15 is 0 Å². The molecule has 1 N–H and O–H groups in total. The third kappa shape index (κ3) is 5.18. The fourth-order valence-electron chi connectivity index (χ4n) is 2.00. The van der Waals surface area contributed by atoms with E-state index in [9.17, 15) is 0 Å². The Kier molecular flexibility index (Phi) is 7.01. The zero-order valence-electron chi connectivity index (χ0n) is 12.1. The van der Waals surface area contributed by atoms with Crippen LogP contribution in [0.25, 0.3) is 0 Å². The number of halogens is 2. The molecule has 0 fully saturated rings. The molecule has 0 aliphatic heterocycles. The number of nitrogens with one attached hydrogen (secondary N) is 1. The first-order valence-corrected chi connectivity index (χ1v) is 8.13. The Bertz CT molecular complexity index is 419. The molecule has 0 aliphatic carbocycles. The lowest BCUT2D eigenvalue weighted by atomic mass is 9.81. The van der Waals surface area contributed by atoms with Gasteiger partial charge >= 0.3 is 0 Å². The van der Waals surface area contributed by atoms with E-state index < -0.39 is 0 Å². The Morgan fingerprint density at radius 1 is 1.16 bits per heavy atom. The van der Waals surface area contributed by atoms with Crippen LogP contribution in [0.2, 0.25) is 0 Å². The van der Waals surface area contributed by atoms with Crippen LogP contribution >= 0.6 is 31.9 Å². The first-order valence-electron chi connectivity index (χ1n) is 6.54.